The van der Waals surface area contributed by atoms with Crippen molar-refractivity contribution in [3.8, 4) is 5.75 Å². The largest absolute Gasteiger partial charge is 0.495 e. The van der Waals surface area contributed by atoms with Crippen LogP contribution in [0.2, 0.25) is 0 Å². The van der Waals surface area contributed by atoms with Gasteiger partial charge in [-0.05, 0) is 36.8 Å². The Morgan fingerprint density at radius 1 is 1.26 bits per heavy atom. The molecule has 0 aliphatic carbocycles. The Morgan fingerprint density at radius 2 is 2.07 bits per heavy atom. The molecule has 1 aliphatic rings. The molecule has 1 saturated heterocycles. The third-order valence-electron chi connectivity index (χ3n) is 4.29. The lowest BCUT2D eigenvalue weighted by atomic mass is 10.1. The summed E-state index contributed by atoms with van der Waals surface area (Å²) in [4.78, 5) is 25.7. The van der Waals surface area contributed by atoms with E-state index in [1.165, 1.54) is 0 Å². The zero-order valence-electron chi connectivity index (χ0n) is 15.4. The number of rotatable bonds is 7. The molecule has 1 fully saturated rings. The quantitative estimate of drug-likeness (QED) is 0.784. The van der Waals surface area contributed by atoms with Crippen molar-refractivity contribution >= 4 is 23.4 Å². The van der Waals surface area contributed by atoms with Gasteiger partial charge in [-0.25, -0.2) is 4.79 Å². The van der Waals surface area contributed by atoms with Gasteiger partial charge in [-0.15, -0.1) is 0 Å². The average molecular weight is 369 g/mol. The van der Waals surface area contributed by atoms with E-state index in [0.29, 0.717) is 31.1 Å². The maximum Gasteiger partial charge on any atom is 0.410 e. The van der Waals surface area contributed by atoms with E-state index in [2.05, 4.69) is 10.6 Å². The van der Waals surface area contributed by atoms with E-state index in [0.717, 1.165) is 11.3 Å². The molecule has 0 saturated carbocycles. The number of amides is 2. The van der Waals surface area contributed by atoms with Gasteiger partial charge in [0.1, 0.15) is 18.4 Å². The summed E-state index contributed by atoms with van der Waals surface area (Å²) in [5.74, 6) is 0.436. The second-order valence-corrected chi connectivity index (χ2v) is 6.29. The second-order valence-electron chi connectivity index (χ2n) is 6.29. The summed E-state index contributed by atoms with van der Waals surface area (Å²) < 4.78 is 10.2. The summed E-state index contributed by atoms with van der Waals surface area (Å²) in [6, 6.07) is 14.5. The summed E-state index contributed by atoms with van der Waals surface area (Å²) >= 11 is 0. The normalized spacial score (nSPS) is 14.4. The topological polar surface area (TPSA) is 79.9 Å². The molecule has 27 heavy (non-hydrogen) atoms. The van der Waals surface area contributed by atoms with Gasteiger partial charge in [0.25, 0.3) is 0 Å². The lowest BCUT2D eigenvalue weighted by molar-refractivity contribution is -0.116. The second kappa shape index (κ2) is 8.44. The number of carbonyl (C=O) groups is 2. The number of cyclic esters (lactones) is 1. The number of benzene rings is 2. The van der Waals surface area contributed by atoms with Gasteiger partial charge in [-0.3, -0.25) is 4.79 Å². The number of anilines is 2. The van der Waals surface area contributed by atoms with Crippen LogP contribution in [0, 0.1) is 0 Å². The Hall–Kier alpha value is -3.22. The number of para-hydroxylation sites is 2. The molecule has 0 unspecified atom stereocenters. The Balaban J connectivity index is 1.61. The molecule has 7 nitrogen and oxygen atoms in total. The highest BCUT2D eigenvalue weighted by Gasteiger charge is 2.22. The van der Waals surface area contributed by atoms with Gasteiger partial charge >= 0.3 is 6.09 Å². The van der Waals surface area contributed by atoms with Gasteiger partial charge in [0.05, 0.1) is 19.3 Å². The molecule has 1 atom stereocenters. The van der Waals surface area contributed by atoms with Gasteiger partial charge in [0.15, 0.2) is 0 Å². The van der Waals surface area contributed by atoms with Crippen LogP contribution in [0.1, 0.15) is 12.5 Å². The zero-order valence-corrected chi connectivity index (χ0v) is 15.4. The third-order valence-corrected chi connectivity index (χ3v) is 4.29. The predicted molar refractivity (Wildman–Crippen MR) is 103 cm³/mol. The average Bonchev–Trinajstić information content (AvgIpc) is 3.07. The van der Waals surface area contributed by atoms with Crippen LogP contribution >= 0.6 is 0 Å². The van der Waals surface area contributed by atoms with Crippen molar-refractivity contribution in [1.29, 1.82) is 0 Å². The van der Waals surface area contributed by atoms with Crippen LogP contribution in [0.3, 0.4) is 0 Å². The number of ether oxygens (including phenoxy) is 2. The summed E-state index contributed by atoms with van der Waals surface area (Å²) in [7, 11) is 1.56. The number of hydrogen-bond acceptors (Lipinski definition) is 5. The number of hydrogen-bond donors (Lipinski definition) is 2. The van der Waals surface area contributed by atoms with Crippen LogP contribution in [-0.2, 0) is 16.1 Å². The van der Waals surface area contributed by atoms with E-state index in [4.69, 9.17) is 9.47 Å². The molecule has 0 spiro atoms. The van der Waals surface area contributed by atoms with Crippen molar-refractivity contribution in [2.45, 2.75) is 19.5 Å². The highest BCUT2D eigenvalue weighted by Crippen LogP contribution is 2.23. The van der Waals surface area contributed by atoms with Crippen molar-refractivity contribution in [2.24, 2.45) is 0 Å². The van der Waals surface area contributed by atoms with Crippen LogP contribution < -0.4 is 15.4 Å². The fraction of sp³-hybridized carbons (Fsp3) is 0.300. The molecule has 0 radical (unpaired) electrons. The molecule has 0 aromatic heterocycles. The van der Waals surface area contributed by atoms with E-state index in [1.54, 1.807) is 31.1 Å². The van der Waals surface area contributed by atoms with E-state index < -0.39 is 6.04 Å². The third kappa shape index (κ3) is 4.69. The number of methoxy groups -OCH3 is 1. The summed E-state index contributed by atoms with van der Waals surface area (Å²) in [5.41, 5.74) is 2.40. The Bertz CT molecular complexity index is 824. The van der Waals surface area contributed by atoms with Crippen molar-refractivity contribution in [3.63, 3.8) is 0 Å². The van der Waals surface area contributed by atoms with E-state index in [1.807, 2.05) is 36.4 Å². The van der Waals surface area contributed by atoms with Gasteiger partial charge < -0.3 is 25.0 Å². The minimum atomic E-state index is -0.457. The molecule has 0 bridgehead atoms. The molecule has 7 heteroatoms. The summed E-state index contributed by atoms with van der Waals surface area (Å²) in [6.07, 6.45) is -0.294. The highest BCUT2D eigenvalue weighted by atomic mass is 16.6. The molecule has 142 valence electrons. The standard InChI is InChI=1S/C20H23N3O4/c1-14(19(24)22-17-8-3-4-9-18(17)26-2)21-16-7-5-6-15(12-16)13-23-10-11-27-20(23)25/h3-9,12,14,21H,10-11,13H2,1-2H3,(H,22,24)/t14-/m0/s1. The zero-order chi connectivity index (χ0) is 19.2. The van der Waals surface area contributed by atoms with Crippen molar-refractivity contribution in [2.75, 3.05) is 30.9 Å². The molecule has 2 aromatic carbocycles. The van der Waals surface area contributed by atoms with Gasteiger partial charge in [-0.2, -0.15) is 0 Å². The van der Waals surface area contributed by atoms with Crippen LogP contribution in [0.5, 0.6) is 5.75 Å². The first-order chi connectivity index (χ1) is 13.1. The van der Waals surface area contributed by atoms with Crippen molar-refractivity contribution in [3.05, 3.63) is 54.1 Å². The van der Waals surface area contributed by atoms with Crippen molar-refractivity contribution in [1.82, 2.24) is 4.90 Å². The summed E-state index contributed by atoms with van der Waals surface area (Å²) in [5, 5.41) is 6.05. The number of nitrogens with zero attached hydrogens (tertiary/aromatic N) is 1. The molecule has 2 amide bonds. The monoisotopic (exact) mass is 369 g/mol. The van der Waals surface area contributed by atoms with Crippen LogP contribution in [-0.4, -0.2) is 43.2 Å². The summed E-state index contributed by atoms with van der Waals surface area (Å²) in [6.45, 7) is 3.29. The minimum absolute atomic E-state index is 0.173. The van der Waals surface area contributed by atoms with Crippen LogP contribution in [0.15, 0.2) is 48.5 Å². The van der Waals surface area contributed by atoms with E-state index in [9.17, 15) is 9.59 Å². The predicted octanol–water partition coefficient (Wildman–Crippen LogP) is 3.09. The van der Waals surface area contributed by atoms with Gasteiger partial charge in [0, 0.05) is 12.2 Å². The maximum atomic E-state index is 12.5. The fourth-order valence-electron chi connectivity index (χ4n) is 2.85. The first-order valence-corrected chi connectivity index (χ1v) is 8.78. The minimum Gasteiger partial charge on any atom is -0.495 e. The van der Waals surface area contributed by atoms with Crippen LogP contribution in [0.25, 0.3) is 0 Å². The molecular weight excluding hydrogens is 346 g/mol. The van der Waals surface area contributed by atoms with Crippen LogP contribution in [0.4, 0.5) is 16.2 Å². The fourth-order valence-corrected chi connectivity index (χ4v) is 2.85. The lowest BCUT2D eigenvalue weighted by Crippen LogP contribution is -2.32. The SMILES string of the molecule is COc1ccccc1NC(=O)[C@H](C)Nc1cccc(CN2CCOC2=O)c1. The number of nitrogens with one attached hydrogen (secondary N) is 2. The van der Waals surface area contributed by atoms with Crippen molar-refractivity contribution < 1.29 is 19.1 Å². The van der Waals surface area contributed by atoms with E-state index in [-0.39, 0.29) is 12.0 Å². The Kier molecular flexibility index (Phi) is 5.80. The molecule has 1 aliphatic heterocycles. The highest BCUT2D eigenvalue weighted by molar-refractivity contribution is 5.97. The van der Waals surface area contributed by atoms with Gasteiger partial charge in [0.2, 0.25) is 5.91 Å². The van der Waals surface area contributed by atoms with E-state index >= 15 is 0 Å². The molecule has 2 aromatic rings. The Morgan fingerprint density at radius 3 is 2.81 bits per heavy atom. The molecule has 3 rings (SSSR count). The first-order valence-electron chi connectivity index (χ1n) is 8.78. The maximum absolute atomic E-state index is 12.5. The first kappa shape index (κ1) is 18.6. The van der Waals surface area contributed by atoms with Gasteiger partial charge in [-0.1, -0.05) is 24.3 Å². The Labute approximate surface area is 158 Å². The molecule has 1 heterocycles. The lowest BCUT2D eigenvalue weighted by Gasteiger charge is -2.18. The molecular formula is C20H23N3O4. The smallest absolute Gasteiger partial charge is 0.410 e. The number of carbonyl (C=O) groups excluding carboxylic acids is 2. The molecule has 2 N–H and O–H groups in total.